The number of hydrogen-bond acceptors (Lipinski definition) is 3. The lowest BCUT2D eigenvalue weighted by Crippen LogP contribution is -2.09. The van der Waals surface area contributed by atoms with Crippen LogP contribution in [-0.2, 0) is 6.42 Å². The summed E-state index contributed by atoms with van der Waals surface area (Å²) in [7, 11) is 0. The van der Waals surface area contributed by atoms with Crippen LogP contribution in [0, 0.1) is 5.82 Å². The Morgan fingerprint density at radius 3 is 2.59 bits per heavy atom. The highest BCUT2D eigenvalue weighted by Crippen LogP contribution is 2.20. The Hall–Kier alpha value is -1.81. The fourth-order valence-corrected chi connectivity index (χ4v) is 1.61. The van der Waals surface area contributed by atoms with Crippen molar-refractivity contribution in [1.82, 2.24) is 9.97 Å². The lowest BCUT2D eigenvalue weighted by Gasteiger charge is -2.04. The summed E-state index contributed by atoms with van der Waals surface area (Å²) in [6.07, 6.45) is 2.78. The maximum Gasteiger partial charge on any atom is 0.204 e. The number of halogens is 2. The Morgan fingerprint density at radius 2 is 1.94 bits per heavy atom. The van der Waals surface area contributed by atoms with Gasteiger partial charge in [-0.2, -0.15) is 0 Å². The molecule has 0 atom stereocenters. The molecule has 2 rings (SSSR count). The second-order valence-corrected chi connectivity index (χ2v) is 3.78. The predicted molar refractivity (Wildman–Crippen MR) is 61.5 cm³/mol. The summed E-state index contributed by atoms with van der Waals surface area (Å²) in [5.74, 6) is -0.800. The maximum atomic E-state index is 13.4. The molecule has 0 amide bonds. The topological polar surface area (TPSA) is 42.9 Å². The number of hydrogen-bond donors (Lipinski definition) is 0. The van der Waals surface area contributed by atoms with Gasteiger partial charge >= 0.3 is 0 Å². The minimum Gasteiger partial charge on any atom is -0.290 e. The summed E-state index contributed by atoms with van der Waals surface area (Å²) < 4.78 is 13.4. The Morgan fingerprint density at radius 1 is 1.24 bits per heavy atom. The SMILES string of the molecule is O=C(Cc1c(F)cccc1Cl)c1ncccn1. The van der Waals surface area contributed by atoms with E-state index in [0.717, 1.165) is 0 Å². The zero-order chi connectivity index (χ0) is 12.3. The van der Waals surface area contributed by atoms with Crippen LogP contribution in [0.15, 0.2) is 36.7 Å². The van der Waals surface area contributed by atoms with Crippen LogP contribution in [0.4, 0.5) is 4.39 Å². The van der Waals surface area contributed by atoms with E-state index in [1.165, 1.54) is 24.5 Å². The summed E-state index contributed by atoms with van der Waals surface area (Å²) in [6.45, 7) is 0. The number of rotatable bonds is 3. The molecule has 0 unspecified atom stereocenters. The standard InChI is InChI=1S/C12H8ClFN2O/c13-9-3-1-4-10(14)8(9)7-11(17)12-15-5-2-6-16-12/h1-6H,7H2. The molecule has 3 nitrogen and oxygen atoms in total. The highest BCUT2D eigenvalue weighted by atomic mass is 35.5. The fourth-order valence-electron chi connectivity index (χ4n) is 1.38. The first-order valence-electron chi connectivity index (χ1n) is 4.91. The zero-order valence-corrected chi connectivity index (χ0v) is 9.49. The van der Waals surface area contributed by atoms with E-state index in [1.807, 2.05) is 0 Å². The van der Waals surface area contributed by atoms with Crippen molar-refractivity contribution in [3.05, 3.63) is 58.9 Å². The van der Waals surface area contributed by atoms with Crippen LogP contribution < -0.4 is 0 Å². The lowest BCUT2D eigenvalue weighted by molar-refractivity contribution is 0.0982. The van der Waals surface area contributed by atoms with E-state index in [9.17, 15) is 9.18 Å². The average Bonchev–Trinajstić information content (AvgIpc) is 2.35. The Balaban J connectivity index is 2.25. The second-order valence-electron chi connectivity index (χ2n) is 3.37. The van der Waals surface area contributed by atoms with Gasteiger partial charge in [-0.3, -0.25) is 4.79 Å². The molecule has 0 saturated heterocycles. The highest BCUT2D eigenvalue weighted by molar-refractivity contribution is 6.31. The van der Waals surface area contributed by atoms with Gasteiger partial charge in [0.15, 0.2) is 5.82 Å². The Labute approximate surface area is 102 Å². The van der Waals surface area contributed by atoms with Gasteiger partial charge in [-0.05, 0) is 18.2 Å². The number of benzene rings is 1. The monoisotopic (exact) mass is 250 g/mol. The Bertz CT molecular complexity index is 525. The molecule has 1 aromatic heterocycles. The van der Waals surface area contributed by atoms with E-state index in [1.54, 1.807) is 12.1 Å². The van der Waals surface area contributed by atoms with Crippen molar-refractivity contribution in [1.29, 1.82) is 0 Å². The first-order chi connectivity index (χ1) is 8.18. The van der Waals surface area contributed by atoms with Crippen LogP contribution in [0.5, 0.6) is 0 Å². The number of ketones is 1. The molecule has 86 valence electrons. The molecule has 0 aliphatic carbocycles. The molecule has 0 aliphatic heterocycles. The molecule has 17 heavy (non-hydrogen) atoms. The van der Waals surface area contributed by atoms with Crippen LogP contribution in [0.2, 0.25) is 5.02 Å². The first-order valence-corrected chi connectivity index (χ1v) is 5.29. The van der Waals surface area contributed by atoms with Crippen LogP contribution in [0.3, 0.4) is 0 Å². The quantitative estimate of drug-likeness (QED) is 0.787. The van der Waals surface area contributed by atoms with E-state index in [-0.39, 0.29) is 28.6 Å². The number of nitrogens with zero attached hydrogens (tertiary/aromatic N) is 2. The van der Waals surface area contributed by atoms with Gasteiger partial charge in [-0.15, -0.1) is 0 Å². The summed E-state index contributed by atoms with van der Waals surface area (Å²) >= 11 is 5.83. The molecule has 0 N–H and O–H groups in total. The number of Topliss-reactive ketones (excluding diaryl/α,β-unsaturated/α-hetero) is 1. The van der Waals surface area contributed by atoms with Gasteiger partial charge in [0.1, 0.15) is 5.82 Å². The zero-order valence-electron chi connectivity index (χ0n) is 8.73. The van der Waals surface area contributed by atoms with Gasteiger partial charge < -0.3 is 0 Å². The van der Waals surface area contributed by atoms with E-state index in [2.05, 4.69) is 9.97 Å². The third-order valence-corrected chi connectivity index (χ3v) is 2.57. The fraction of sp³-hybridized carbons (Fsp3) is 0.0833. The van der Waals surface area contributed by atoms with Crippen LogP contribution in [0.25, 0.3) is 0 Å². The molecular weight excluding hydrogens is 243 g/mol. The van der Waals surface area contributed by atoms with Crippen LogP contribution in [0.1, 0.15) is 16.2 Å². The predicted octanol–water partition coefficient (Wildman–Crippen LogP) is 2.69. The van der Waals surface area contributed by atoms with Gasteiger partial charge in [-0.1, -0.05) is 17.7 Å². The first kappa shape index (κ1) is 11.7. The van der Waals surface area contributed by atoms with Crippen molar-refractivity contribution in [2.24, 2.45) is 0 Å². The normalized spacial score (nSPS) is 10.2. The second kappa shape index (κ2) is 5.01. The van der Waals surface area contributed by atoms with Gasteiger partial charge in [0, 0.05) is 29.4 Å². The van der Waals surface area contributed by atoms with Crippen molar-refractivity contribution in [2.75, 3.05) is 0 Å². The molecule has 0 fully saturated rings. The van der Waals surface area contributed by atoms with Gasteiger partial charge in [-0.25, -0.2) is 14.4 Å². The molecular formula is C12H8ClFN2O. The van der Waals surface area contributed by atoms with Crippen LogP contribution >= 0.6 is 11.6 Å². The van der Waals surface area contributed by atoms with E-state index in [0.29, 0.717) is 0 Å². The maximum absolute atomic E-state index is 13.4. The van der Waals surface area contributed by atoms with Gasteiger partial charge in [0.2, 0.25) is 5.78 Å². The van der Waals surface area contributed by atoms with Crippen molar-refractivity contribution in [3.8, 4) is 0 Å². The average molecular weight is 251 g/mol. The summed E-state index contributed by atoms with van der Waals surface area (Å²) in [5.41, 5.74) is 0.173. The molecule has 2 aromatic rings. The number of carbonyl (C=O) groups is 1. The third-order valence-electron chi connectivity index (χ3n) is 2.21. The molecule has 1 heterocycles. The van der Waals surface area contributed by atoms with Gasteiger partial charge in [0.05, 0.1) is 0 Å². The van der Waals surface area contributed by atoms with Crippen molar-refractivity contribution in [2.45, 2.75) is 6.42 Å². The largest absolute Gasteiger partial charge is 0.290 e. The summed E-state index contributed by atoms with van der Waals surface area (Å²) in [6, 6.07) is 5.90. The van der Waals surface area contributed by atoms with Gasteiger partial charge in [0.25, 0.3) is 0 Å². The molecule has 0 aliphatic rings. The minimum atomic E-state index is -0.498. The molecule has 1 aromatic carbocycles. The smallest absolute Gasteiger partial charge is 0.204 e. The molecule has 0 bridgehead atoms. The molecule has 0 saturated carbocycles. The van der Waals surface area contributed by atoms with Crippen molar-refractivity contribution < 1.29 is 9.18 Å². The van der Waals surface area contributed by atoms with Crippen molar-refractivity contribution in [3.63, 3.8) is 0 Å². The molecule has 5 heteroatoms. The van der Waals surface area contributed by atoms with E-state index in [4.69, 9.17) is 11.6 Å². The van der Waals surface area contributed by atoms with E-state index < -0.39 is 5.82 Å². The van der Waals surface area contributed by atoms with Crippen LogP contribution in [-0.4, -0.2) is 15.8 Å². The minimum absolute atomic E-state index is 0.0619. The highest BCUT2D eigenvalue weighted by Gasteiger charge is 2.14. The molecule has 0 spiro atoms. The Kier molecular flexibility index (Phi) is 3.44. The van der Waals surface area contributed by atoms with E-state index >= 15 is 0 Å². The third kappa shape index (κ3) is 2.65. The molecule has 0 radical (unpaired) electrons. The van der Waals surface area contributed by atoms with Crippen molar-refractivity contribution >= 4 is 17.4 Å². The number of carbonyl (C=O) groups excluding carboxylic acids is 1. The summed E-state index contributed by atoms with van der Waals surface area (Å²) in [4.78, 5) is 19.4. The lowest BCUT2D eigenvalue weighted by atomic mass is 10.1. The number of aromatic nitrogens is 2. The summed E-state index contributed by atoms with van der Waals surface area (Å²) in [5, 5.41) is 0.231.